The van der Waals surface area contributed by atoms with Gasteiger partial charge in [0.25, 0.3) is 0 Å². The van der Waals surface area contributed by atoms with Gasteiger partial charge in [-0.3, -0.25) is 0 Å². The first-order valence-electron chi connectivity index (χ1n) is 5.17. The Morgan fingerprint density at radius 3 is 2.40 bits per heavy atom. The molecule has 0 radical (unpaired) electrons. The number of alkyl halides is 1. The maximum absolute atomic E-state index is 11.9. The highest BCUT2D eigenvalue weighted by Crippen LogP contribution is 2.04. The van der Waals surface area contributed by atoms with Crippen molar-refractivity contribution in [3.63, 3.8) is 0 Å². The second-order valence-corrected chi connectivity index (χ2v) is 3.88. The number of quaternary nitrogens is 1. The summed E-state index contributed by atoms with van der Waals surface area (Å²) in [5, 5.41) is 2.06. The Balaban J connectivity index is 0.00000196. The highest BCUT2D eigenvalue weighted by Gasteiger charge is 2.05. The van der Waals surface area contributed by atoms with Crippen molar-refractivity contribution in [1.29, 1.82) is 0 Å². The Labute approximate surface area is 97.5 Å². The molecule has 0 saturated heterocycles. The number of rotatable bonds is 5. The number of aryl methyl sites for hydroxylation is 1. The van der Waals surface area contributed by atoms with Gasteiger partial charge in [-0.05, 0) is 19.4 Å². The zero-order valence-corrected chi connectivity index (χ0v) is 10.1. The molecular formula is C12H19ClFN. The van der Waals surface area contributed by atoms with Crippen LogP contribution in [0.15, 0.2) is 24.3 Å². The van der Waals surface area contributed by atoms with Gasteiger partial charge in [-0.1, -0.05) is 29.8 Å². The number of nitrogens with two attached hydrogens (primary N) is 1. The van der Waals surface area contributed by atoms with E-state index in [0.717, 1.165) is 6.42 Å². The molecule has 1 aromatic rings. The summed E-state index contributed by atoms with van der Waals surface area (Å²) in [5.41, 5.74) is 2.62. The van der Waals surface area contributed by atoms with Gasteiger partial charge >= 0.3 is 0 Å². The van der Waals surface area contributed by atoms with Crippen LogP contribution in [0.5, 0.6) is 0 Å². The second-order valence-electron chi connectivity index (χ2n) is 3.88. The summed E-state index contributed by atoms with van der Waals surface area (Å²) in [7, 11) is 0. The quantitative estimate of drug-likeness (QED) is 0.633. The first-order chi connectivity index (χ1) is 6.72. The minimum absolute atomic E-state index is 0. The minimum atomic E-state index is -0.238. The summed E-state index contributed by atoms with van der Waals surface area (Å²) in [6.45, 7) is 4.56. The molecule has 15 heavy (non-hydrogen) atoms. The largest absolute Gasteiger partial charge is 1.00 e. The van der Waals surface area contributed by atoms with Crippen molar-refractivity contribution < 1.29 is 22.1 Å². The lowest BCUT2D eigenvalue weighted by molar-refractivity contribution is -0.685. The maximum Gasteiger partial charge on any atom is 0.138 e. The van der Waals surface area contributed by atoms with E-state index in [1.54, 1.807) is 0 Å². The van der Waals surface area contributed by atoms with Crippen LogP contribution < -0.4 is 17.7 Å². The first-order valence-corrected chi connectivity index (χ1v) is 5.17. The molecule has 3 heteroatoms. The fraction of sp³-hybridized carbons (Fsp3) is 0.500. The van der Waals surface area contributed by atoms with Gasteiger partial charge < -0.3 is 17.7 Å². The smallest absolute Gasteiger partial charge is 0.138 e. The van der Waals surface area contributed by atoms with E-state index in [9.17, 15) is 4.39 Å². The predicted molar refractivity (Wildman–Crippen MR) is 57.1 cm³/mol. The average Bonchev–Trinajstić information content (AvgIpc) is 2.18. The SMILES string of the molecule is Cc1ccc(CC(C)[NH2+]CCF)cc1.[Cl-]. The predicted octanol–water partition coefficient (Wildman–Crippen LogP) is -1.54. The Hall–Kier alpha value is -0.600. The number of hydrogen-bond acceptors (Lipinski definition) is 0. The Kier molecular flexibility index (Phi) is 7.35. The molecule has 1 aromatic carbocycles. The molecule has 1 rings (SSSR count). The Morgan fingerprint density at radius 2 is 1.87 bits per heavy atom. The van der Waals surface area contributed by atoms with Crippen molar-refractivity contribution in [2.75, 3.05) is 13.2 Å². The van der Waals surface area contributed by atoms with E-state index >= 15 is 0 Å². The third kappa shape index (κ3) is 5.75. The lowest BCUT2D eigenvalue weighted by atomic mass is 10.1. The monoisotopic (exact) mass is 231 g/mol. The van der Waals surface area contributed by atoms with Crippen LogP contribution in [-0.2, 0) is 6.42 Å². The molecule has 0 saturated carbocycles. The zero-order valence-electron chi connectivity index (χ0n) is 9.34. The van der Waals surface area contributed by atoms with Crippen LogP contribution in [0.3, 0.4) is 0 Å². The van der Waals surface area contributed by atoms with Crippen molar-refractivity contribution in [3.8, 4) is 0 Å². The molecule has 1 atom stereocenters. The number of benzene rings is 1. The summed E-state index contributed by atoms with van der Waals surface area (Å²) >= 11 is 0. The normalized spacial score (nSPS) is 11.9. The van der Waals surface area contributed by atoms with Gasteiger partial charge in [0.1, 0.15) is 13.2 Å². The number of hydrogen-bond donors (Lipinski definition) is 1. The molecule has 0 aliphatic rings. The average molecular weight is 232 g/mol. The maximum atomic E-state index is 11.9. The van der Waals surface area contributed by atoms with Gasteiger partial charge in [-0.2, -0.15) is 0 Å². The Morgan fingerprint density at radius 1 is 1.27 bits per heavy atom. The van der Waals surface area contributed by atoms with Gasteiger partial charge in [-0.15, -0.1) is 0 Å². The fourth-order valence-corrected chi connectivity index (χ4v) is 1.53. The summed E-state index contributed by atoms with van der Waals surface area (Å²) in [6.07, 6.45) is 1.01. The molecule has 0 aliphatic heterocycles. The van der Waals surface area contributed by atoms with Crippen LogP contribution >= 0.6 is 0 Å². The molecule has 0 amide bonds. The van der Waals surface area contributed by atoms with Gasteiger partial charge in [-0.25, -0.2) is 4.39 Å². The van der Waals surface area contributed by atoms with Crippen LogP contribution in [0, 0.1) is 6.92 Å². The first kappa shape index (κ1) is 14.4. The van der Waals surface area contributed by atoms with Gasteiger partial charge in [0.2, 0.25) is 0 Å². The molecule has 0 bridgehead atoms. The standard InChI is InChI=1S/C12H18FN.ClH/c1-10-3-5-12(6-4-10)9-11(2)14-8-7-13;/h3-6,11,14H,7-9H2,1-2H3;1H. The van der Waals surface area contributed by atoms with Crippen molar-refractivity contribution in [1.82, 2.24) is 0 Å². The molecule has 0 aromatic heterocycles. The lowest BCUT2D eigenvalue weighted by Crippen LogP contribution is -3.00. The third-order valence-electron chi connectivity index (χ3n) is 2.36. The van der Waals surface area contributed by atoms with E-state index in [0.29, 0.717) is 12.6 Å². The fourth-order valence-electron chi connectivity index (χ4n) is 1.53. The molecular weight excluding hydrogens is 213 g/mol. The van der Waals surface area contributed by atoms with E-state index in [-0.39, 0.29) is 19.1 Å². The summed E-state index contributed by atoms with van der Waals surface area (Å²) in [6, 6.07) is 9.01. The van der Waals surface area contributed by atoms with Crippen molar-refractivity contribution >= 4 is 0 Å². The lowest BCUT2D eigenvalue weighted by Gasteiger charge is -2.09. The van der Waals surface area contributed by atoms with Gasteiger partial charge in [0.15, 0.2) is 0 Å². The van der Waals surface area contributed by atoms with Crippen LogP contribution in [-0.4, -0.2) is 19.3 Å². The second kappa shape index (κ2) is 7.66. The Bertz CT molecular complexity index is 261. The van der Waals surface area contributed by atoms with Crippen LogP contribution in [0.4, 0.5) is 4.39 Å². The van der Waals surface area contributed by atoms with Gasteiger partial charge in [0.05, 0.1) is 6.04 Å². The summed E-state index contributed by atoms with van der Waals surface area (Å²) in [4.78, 5) is 0. The van der Waals surface area contributed by atoms with Crippen molar-refractivity contribution in [3.05, 3.63) is 35.4 Å². The highest BCUT2D eigenvalue weighted by molar-refractivity contribution is 5.21. The van der Waals surface area contributed by atoms with Crippen LogP contribution in [0.2, 0.25) is 0 Å². The minimum Gasteiger partial charge on any atom is -1.00 e. The molecule has 0 heterocycles. The van der Waals surface area contributed by atoms with E-state index in [1.807, 2.05) is 0 Å². The van der Waals surface area contributed by atoms with E-state index in [1.165, 1.54) is 11.1 Å². The van der Waals surface area contributed by atoms with E-state index in [2.05, 4.69) is 43.4 Å². The molecule has 0 spiro atoms. The topological polar surface area (TPSA) is 16.6 Å². The van der Waals surface area contributed by atoms with Crippen LogP contribution in [0.1, 0.15) is 18.1 Å². The highest BCUT2D eigenvalue weighted by atomic mass is 35.5. The van der Waals surface area contributed by atoms with Crippen molar-refractivity contribution in [2.24, 2.45) is 0 Å². The third-order valence-corrected chi connectivity index (χ3v) is 2.36. The zero-order chi connectivity index (χ0) is 10.4. The van der Waals surface area contributed by atoms with E-state index in [4.69, 9.17) is 0 Å². The molecule has 2 N–H and O–H groups in total. The molecule has 1 unspecified atom stereocenters. The molecule has 86 valence electrons. The summed E-state index contributed by atoms with van der Waals surface area (Å²) < 4.78 is 11.9. The molecule has 0 fully saturated rings. The van der Waals surface area contributed by atoms with Crippen molar-refractivity contribution in [2.45, 2.75) is 26.3 Å². The molecule has 1 nitrogen and oxygen atoms in total. The number of halogens is 2. The van der Waals surface area contributed by atoms with Gasteiger partial charge in [0, 0.05) is 6.42 Å². The molecule has 0 aliphatic carbocycles. The summed E-state index contributed by atoms with van der Waals surface area (Å²) in [5.74, 6) is 0. The van der Waals surface area contributed by atoms with Crippen LogP contribution in [0.25, 0.3) is 0 Å². The van der Waals surface area contributed by atoms with E-state index < -0.39 is 0 Å².